The van der Waals surface area contributed by atoms with Gasteiger partial charge in [0.15, 0.2) is 0 Å². The molecule has 1 amide bonds. The summed E-state index contributed by atoms with van der Waals surface area (Å²) in [6, 6.07) is 12.3. The number of hydrogen-bond acceptors (Lipinski definition) is 5. The Labute approximate surface area is 246 Å². The molecule has 0 radical (unpaired) electrons. The highest BCUT2D eigenvalue weighted by Gasteiger charge is 2.35. The van der Waals surface area contributed by atoms with Gasteiger partial charge in [-0.25, -0.2) is 9.78 Å². The maximum absolute atomic E-state index is 13.4. The molecule has 2 aromatic carbocycles. The fourth-order valence-corrected chi connectivity index (χ4v) is 5.16. The van der Waals surface area contributed by atoms with Crippen molar-refractivity contribution in [1.82, 2.24) is 19.8 Å². The van der Waals surface area contributed by atoms with E-state index in [2.05, 4.69) is 19.8 Å². The third-order valence-corrected chi connectivity index (χ3v) is 6.87. The number of benzene rings is 2. The summed E-state index contributed by atoms with van der Waals surface area (Å²) in [5.41, 5.74) is 2.71. The Balaban J connectivity index is 1.38. The normalized spacial score (nSPS) is 14.2. The van der Waals surface area contributed by atoms with Gasteiger partial charge in [-0.3, -0.25) is 9.47 Å². The number of nitrogens with zero attached hydrogens (tertiary/aromatic N) is 3. The van der Waals surface area contributed by atoms with Crippen LogP contribution in [0, 0.1) is 0 Å². The van der Waals surface area contributed by atoms with Crippen molar-refractivity contribution < 1.29 is 40.6 Å². The summed E-state index contributed by atoms with van der Waals surface area (Å²) in [6.07, 6.45) is -4.35. The highest BCUT2D eigenvalue weighted by Crippen LogP contribution is 2.39. The molecule has 0 atom stereocenters. The van der Waals surface area contributed by atoms with Crippen LogP contribution in [0.15, 0.2) is 66.9 Å². The van der Waals surface area contributed by atoms with Crippen LogP contribution >= 0.6 is 11.6 Å². The van der Waals surface area contributed by atoms with Gasteiger partial charge in [0.1, 0.15) is 16.7 Å². The Morgan fingerprint density at radius 2 is 1.77 bits per heavy atom. The predicted molar refractivity (Wildman–Crippen MR) is 147 cm³/mol. The second-order valence-corrected chi connectivity index (χ2v) is 10.00. The molecule has 226 valence electrons. The maximum Gasteiger partial charge on any atom is 0.573 e. The second-order valence-electron chi connectivity index (χ2n) is 9.61. The zero-order chi connectivity index (χ0) is 30.8. The summed E-state index contributed by atoms with van der Waals surface area (Å²) in [4.78, 5) is 19.3. The van der Waals surface area contributed by atoms with Crippen molar-refractivity contribution in [2.45, 2.75) is 32.2 Å². The van der Waals surface area contributed by atoms with Crippen LogP contribution in [-0.2, 0) is 19.5 Å². The van der Waals surface area contributed by atoms with Crippen LogP contribution in [0.3, 0.4) is 0 Å². The summed E-state index contributed by atoms with van der Waals surface area (Å²) in [6.45, 7) is 1.24. The SMILES string of the molecule is O=C(NCc1ccnc(Cl)c1)n1c2c(c3c(OC(F)(F)F)cccc31)CN(CC=Cc1ccc(OC(F)(F)F)cc1)CC2. The molecule has 0 saturated carbocycles. The van der Waals surface area contributed by atoms with E-state index in [4.69, 9.17) is 11.6 Å². The predicted octanol–water partition coefficient (Wildman–Crippen LogP) is 7.32. The lowest BCUT2D eigenvalue weighted by Crippen LogP contribution is -2.34. The van der Waals surface area contributed by atoms with Crippen molar-refractivity contribution in [3.63, 3.8) is 0 Å². The van der Waals surface area contributed by atoms with E-state index in [0.29, 0.717) is 41.9 Å². The number of amides is 1. The van der Waals surface area contributed by atoms with Gasteiger partial charge in [0, 0.05) is 49.9 Å². The number of halogens is 7. The lowest BCUT2D eigenvalue weighted by molar-refractivity contribution is -0.275. The average molecular weight is 625 g/mol. The maximum atomic E-state index is 13.4. The van der Waals surface area contributed by atoms with E-state index in [9.17, 15) is 31.1 Å². The largest absolute Gasteiger partial charge is 0.573 e. The fourth-order valence-electron chi connectivity index (χ4n) is 4.96. The molecule has 14 heteroatoms. The minimum Gasteiger partial charge on any atom is -0.406 e. The Bertz CT molecular complexity index is 1650. The average Bonchev–Trinajstić information content (AvgIpc) is 3.26. The number of alkyl halides is 6. The second kappa shape index (κ2) is 12.2. The number of rotatable bonds is 7. The zero-order valence-electron chi connectivity index (χ0n) is 22.2. The summed E-state index contributed by atoms with van der Waals surface area (Å²) in [5.74, 6) is -0.748. The summed E-state index contributed by atoms with van der Waals surface area (Å²) >= 11 is 5.93. The Kier molecular flexibility index (Phi) is 8.56. The molecule has 1 N–H and O–H groups in total. The van der Waals surface area contributed by atoms with E-state index in [1.165, 1.54) is 47.2 Å². The number of aromatic nitrogens is 2. The van der Waals surface area contributed by atoms with Crippen molar-refractivity contribution in [2.75, 3.05) is 13.1 Å². The standard InChI is InChI=1S/C29H23ClF6N4O3/c30-25-15-19(10-12-37-25)16-38-27(41)40-22-11-14-39(13-2-3-18-6-8-20(9-7-18)42-28(31,32)33)17-21(22)26-23(40)4-1-5-24(26)43-29(34,35)36/h1-10,12,15H,11,13-14,16-17H2,(H,38,41). The first-order chi connectivity index (χ1) is 20.4. The number of carbonyl (C=O) groups is 1. The topological polar surface area (TPSA) is 68.6 Å². The van der Waals surface area contributed by atoms with Crippen molar-refractivity contribution in [3.05, 3.63) is 94.4 Å². The Morgan fingerprint density at radius 1 is 1.02 bits per heavy atom. The van der Waals surface area contributed by atoms with Crippen LogP contribution in [0.4, 0.5) is 31.1 Å². The van der Waals surface area contributed by atoms with Gasteiger partial charge in [0.25, 0.3) is 0 Å². The van der Waals surface area contributed by atoms with Gasteiger partial charge >= 0.3 is 18.8 Å². The van der Waals surface area contributed by atoms with E-state index >= 15 is 0 Å². The number of nitrogens with one attached hydrogen (secondary N) is 1. The lowest BCUT2D eigenvalue weighted by atomic mass is 10.0. The van der Waals surface area contributed by atoms with Crippen molar-refractivity contribution in [3.8, 4) is 11.5 Å². The first-order valence-corrected chi connectivity index (χ1v) is 13.3. The van der Waals surface area contributed by atoms with E-state index in [-0.39, 0.29) is 34.9 Å². The highest BCUT2D eigenvalue weighted by molar-refractivity contribution is 6.29. The number of hydrogen-bond donors (Lipinski definition) is 1. The molecule has 0 unspecified atom stereocenters. The third kappa shape index (κ3) is 7.59. The summed E-state index contributed by atoms with van der Waals surface area (Å²) < 4.78 is 86.7. The molecule has 0 aliphatic carbocycles. The van der Waals surface area contributed by atoms with Gasteiger partial charge in [-0.2, -0.15) is 0 Å². The fraction of sp³-hybridized carbons (Fsp3) is 0.241. The molecular weight excluding hydrogens is 602 g/mol. The summed E-state index contributed by atoms with van der Waals surface area (Å²) in [5, 5.41) is 3.24. The number of ether oxygens (including phenoxy) is 2. The van der Waals surface area contributed by atoms with Gasteiger partial charge in [0.2, 0.25) is 0 Å². The molecule has 1 aliphatic rings. The van der Waals surface area contributed by atoms with Gasteiger partial charge in [-0.15, -0.1) is 26.3 Å². The number of fused-ring (bicyclic) bond motifs is 3. The Hall–Kier alpha value is -4.23. The van der Waals surface area contributed by atoms with Crippen LogP contribution in [0.2, 0.25) is 5.15 Å². The molecule has 2 aromatic heterocycles. The zero-order valence-corrected chi connectivity index (χ0v) is 22.9. The molecule has 0 spiro atoms. The highest BCUT2D eigenvalue weighted by atomic mass is 35.5. The molecular formula is C29H23ClF6N4O3. The van der Waals surface area contributed by atoms with Gasteiger partial charge in [-0.1, -0.05) is 42.0 Å². The molecule has 1 aliphatic heterocycles. The molecule has 4 aromatic rings. The van der Waals surface area contributed by atoms with Gasteiger partial charge in [-0.05, 0) is 53.1 Å². The lowest BCUT2D eigenvalue weighted by Gasteiger charge is -2.27. The smallest absolute Gasteiger partial charge is 0.406 e. The minimum absolute atomic E-state index is 0.120. The molecule has 0 saturated heterocycles. The molecule has 5 rings (SSSR count). The van der Waals surface area contributed by atoms with Crippen molar-refractivity contribution >= 4 is 34.6 Å². The monoisotopic (exact) mass is 624 g/mol. The molecule has 43 heavy (non-hydrogen) atoms. The third-order valence-electron chi connectivity index (χ3n) is 6.66. The van der Waals surface area contributed by atoms with Crippen LogP contribution in [0.1, 0.15) is 22.4 Å². The number of carbonyl (C=O) groups excluding carboxylic acids is 1. The molecule has 0 fully saturated rings. The Morgan fingerprint density at radius 3 is 2.47 bits per heavy atom. The van der Waals surface area contributed by atoms with E-state index < -0.39 is 24.5 Å². The molecule has 7 nitrogen and oxygen atoms in total. The minimum atomic E-state index is -4.94. The molecule has 0 bridgehead atoms. The van der Waals surface area contributed by atoms with Crippen LogP contribution < -0.4 is 14.8 Å². The van der Waals surface area contributed by atoms with Gasteiger partial charge in [0.05, 0.1) is 5.52 Å². The van der Waals surface area contributed by atoms with Crippen LogP contribution in [0.5, 0.6) is 11.5 Å². The van der Waals surface area contributed by atoms with Crippen molar-refractivity contribution in [2.24, 2.45) is 0 Å². The first-order valence-electron chi connectivity index (χ1n) is 12.9. The van der Waals surface area contributed by atoms with E-state index in [0.717, 1.165) is 0 Å². The number of pyridine rings is 1. The van der Waals surface area contributed by atoms with Crippen LogP contribution in [0.25, 0.3) is 17.0 Å². The molecule has 3 heterocycles. The van der Waals surface area contributed by atoms with Gasteiger partial charge < -0.3 is 14.8 Å². The van der Waals surface area contributed by atoms with Crippen LogP contribution in [-0.4, -0.2) is 46.3 Å². The van der Waals surface area contributed by atoms with Crippen molar-refractivity contribution in [1.29, 1.82) is 0 Å². The quantitative estimate of drug-likeness (QED) is 0.172. The summed E-state index contributed by atoms with van der Waals surface area (Å²) in [7, 11) is 0. The first kappa shape index (κ1) is 30.2. The van der Waals surface area contributed by atoms with E-state index in [1.807, 2.05) is 4.90 Å². The van der Waals surface area contributed by atoms with E-state index in [1.54, 1.807) is 30.4 Å².